The quantitative estimate of drug-likeness (QED) is 0.601. The Hall–Kier alpha value is -2.30. The number of thiazole rings is 1. The third kappa shape index (κ3) is 3.00. The van der Waals surface area contributed by atoms with Crippen LogP contribution < -0.4 is 5.32 Å². The fourth-order valence-corrected chi connectivity index (χ4v) is 3.99. The highest BCUT2D eigenvalue weighted by Gasteiger charge is 2.25. The fraction of sp³-hybridized carbons (Fsp3) is 0. The van der Waals surface area contributed by atoms with Crippen LogP contribution in [0.25, 0.3) is 11.0 Å². The zero-order chi connectivity index (χ0) is 18.4. The average Bonchev–Trinajstić information content (AvgIpc) is 3.23. The van der Waals surface area contributed by atoms with Gasteiger partial charge in [-0.05, 0) is 17.8 Å². The average molecular weight is 415 g/mol. The molecule has 0 radical (unpaired) electrons. The normalized spacial score (nSPS) is 17.6. The molecule has 1 fully saturated rings. The van der Waals surface area contributed by atoms with E-state index in [0.717, 1.165) is 23.9 Å². The monoisotopic (exact) mass is 414 g/mol. The first kappa shape index (κ1) is 17.1. The molecule has 0 saturated carbocycles. The molecule has 132 valence electrons. The van der Waals surface area contributed by atoms with Crippen molar-refractivity contribution in [3.8, 4) is 0 Å². The van der Waals surface area contributed by atoms with Gasteiger partial charge in [-0.25, -0.2) is 23.1 Å². The molecule has 4 rings (SSSR count). The van der Waals surface area contributed by atoms with Crippen molar-refractivity contribution in [1.82, 2.24) is 14.7 Å². The maximum atomic E-state index is 13.4. The molecule has 0 unspecified atom stereocenters. The molecule has 1 aliphatic heterocycles. The molecule has 1 N–H and O–H groups in total. The predicted molar refractivity (Wildman–Crippen MR) is 95.6 cm³/mol. The van der Waals surface area contributed by atoms with Crippen LogP contribution in [0.4, 0.5) is 23.7 Å². The summed E-state index contributed by atoms with van der Waals surface area (Å²) in [6, 6.07) is 1.47. The van der Waals surface area contributed by atoms with Crippen molar-refractivity contribution < 1.29 is 18.0 Å². The number of nitrogens with one attached hydrogen (secondary N) is 1. The summed E-state index contributed by atoms with van der Waals surface area (Å²) in [5.41, 5.74) is 0.358. The number of aromatic nitrogens is 2. The van der Waals surface area contributed by atoms with E-state index < -0.39 is 22.7 Å². The zero-order valence-electron chi connectivity index (χ0n) is 12.5. The number of rotatable bonds is 2. The van der Waals surface area contributed by atoms with E-state index in [4.69, 9.17) is 11.6 Å². The zero-order valence-corrected chi connectivity index (χ0v) is 14.9. The van der Waals surface area contributed by atoms with Gasteiger partial charge in [0.25, 0.3) is 5.24 Å². The van der Waals surface area contributed by atoms with Crippen molar-refractivity contribution in [2.45, 2.75) is 0 Å². The van der Waals surface area contributed by atoms with Gasteiger partial charge < -0.3 is 5.32 Å². The standard InChI is InChI=1S/C15H6ClF3N4OS2/c16-12-9(23-1-2-25-14(23)21-12)5-10-13(22-15(24)26-10)20-6-3-7(17)11(19)8(18)4-6/h1-5H,(H,20,22,24). The Kier molecular flexibility index (Phi) is 4.25. The third-order valence-corrected chi connectivity index (χ3v) is 5.24. The van der Waals surface area contributed by atoms with E-state index in [1.165, 1.54) is 11.3 Å². The number of halogens is 4. The van der Waals surface area contributed by atoms with Crippen molar-refractivity contribution >= 4 is 62.5 Å². The number of imidazole rings is 1. The Morgan fingerprint density at radius 2 is 2.00 bits per heavy atom. The molecule has 11 heteroatoms. The van der Waals surface area contributed by atoms with E-state index in [1.54, 1.807) is 16.7 Å². The van der Waals surface area contributed by atoms with Crippen molar-refractivity contribution in [3.05, 3.63) is 56.9 Å². The van der Waals surface area contributed by atoms with Crippen molar-refractivity contribution in [2.75, 3.05) is 0 Å². The van der Waals surface area contributed by atoms with E-state index in [-0.39, 0.29) is 16.7 Å². The van der Waals surface area contributed by atoms with E-state index >= 15 is 0 Å². The molecule has 1 aromatic carbocycles. The Labute approximate surface area is 157 Å². The summed E-state index contributed by atoms with van der Waals surface area (Å²) in [6.45, 7) is 0. The summed E-state index contributed by atoms with van der Waals surface area (Å²) in [5.74, 6) is -4.25. The van der Waals surface area contributed by atoms with Crippen molar-refractivity contribution in [3.63, 3.8) is 0 Å². The molecule has 1 aliphatic rings. The SMILES string of the molecule is O=C1NC(=Nc2cc(F)c(F)c(F)c2)C(=Cc2c(Cl)nc3sccn23)S1. The van der Waals surface area contributed by atoms with Gasteiger partial charge in [-0.15, -0.1) is 11.3 Å². The van der Waals surface area contributed by atoms with E-state index in [9.17, 15) is 18.0 Å². The van der Waals surface area contributed by atoms with Gasteiger partial charge in [0.15, 0.2) is 27.6 Å². The molecule has 2 aromatic heterocycles. The first-order valence-corrected chi connectivity index (χ1v) is 9.05. The van der Waals surface area contributed by atoms with Crippen LogP contribution >= 0.6 is 34.7 Å². The first-order valence-electron chi connectivity index (χ1n) is 6.97. The minimum atomic E-state index is -1.58. The topological polar surface area (TPSA) is 58.8 Å². The van der Waals surface area contributed by atoms with Gasteiger partial charge in [0.1, 0.15) is 5.84 Å². The minimum Gasteiger partial charge on any atom is -0.300 e. The Morgan fingerprint density at radius 1 is 1.27 bits per heavy atom. The van der Waals surface area contributed by atoms with Crippen molar-refractivity contribution in [1.29, 1.82) is 0 Å². The smallest absolute Gasteiger partial charge is 0.289 e. The van der Waals surface area contributed by atoms with E-state index in [1.807, 2.05) is 5.38 Å². The van der Waals surface area contributed by atoms with Crippen LogP contribution in [0.5, 0.6) is 0 Å². The van der Waals surface area contributed by atoms with Crippen molar-refractivity contribution in [2.24, 2.45) is 4.99 Å². The summed E-state index contributed by atoms with van der Waals surface area (Å²) in [5, 5.41) is 4.12. The first-order chi connectivity index (χ1) is 12.4. The predicted octanol–water partition coefficient (Wildman–Crippen LogP) is 4.99. The maximum Gasteiger partial charge on any atom is 0.289 e. The summed E-state index contributed by atoms with van der Waals surface area (Å²) < 4.78 is 41.5. The van der Waals surface area contributed by atoms with Crippen LogP contribution in [0.15, 0.2) is 33.6 Å². The van der Waals surface area contributed by atoms with Gasteiger partial charge in [0, 0.05) is 23.7 Å². The second-order valence-electron chi connectivity index (χ2n) is 5.05. The lowest BCUT2D eigenvalue weighted by molar-refractivity contribution is 0.265. The highest BCUT2D eigenvalue weighted by atomic mass is 35.5. The lowest BCUT2D eigenvalue weighted by Gasteiger charge is -2.02. The molecule has 1 amide bonds. The largest absolute Gasteiger partial charge is 0.300 e. The Morgan fingerprint density at radius 3 is 2.73 bits per heavy atom. The Bertz CT molecular complexity index is 1100. The molecular weight excluding hydrogens is 409 g/mol. The summed E-state index contributed by atoms with van der Waals surface area (Å²) in [7, 11) is 0. The number of nitrogens with zero attached hydrogens (tertiary/aromatic N) is 3. The number of amidine groups is 1. The number of aliphatic imine (C=N–C) groups is 1. The molecule has 5 nitrogen and oxygen atoms in total. The molecule has 1 saturated heterocycles. The molecular formula is C15H6ClF3N4OS2. The number of hydrogen-bond acceptors (Lipinski definition) is 5. The lowest BCUT2D eigenvalue weighted by atomic mass is 10.3. The van der Waals surface area contributed by atoms with Gasteiger partial charge in [-0.2, -0.15) is 0 Å². The second kappa shape index (κ2) is 6.45. The highest BCUT2D eigenvalue weighted by Crippen LogP contribution is 2.32. The second-order valence-corrected chi connectivity index (χ2v) is 7.30. The van der Waals surface area contributed by atoms with Crippen LogP contribution in [0, 0.1) is 17.5 Å². The summed E-state index contributed by atoms with van der Waals surface area (Å²) in [4.78, 5) is 21.0. The van der Waals surface area contributed by atoms with Crippen LogP contribution in [0.2, 0.25) is 5.15 Å². The number of hydrogen-bond donors (Lipinski definition) is 1. The third-order valence-electron chi connectivity index (χ3n) is 3.39. The summed E-state index contributed by atoms with van der Waals surface area (Å²) >= 11 is 8.36. The molecule has 0 atom stereocenters. The number of carbonyl (C=O) groups is 1. The van der Waals surface area contributed by atoms with Crippen LogP contribution in [-0.2, 0) is 0 Å². The van der Waals surface area contributed by atoms with Crippen LogP contribution in [0.1, 0.15) is 5.69 Å². The fourth-order valence-electron chi connectivity index (χ4n) is 2.28. The lowest BCUT2D eigenvalue weighted by Crippen LogP contribution is -2.18. The van der Waals surface area contributed by atoms with Crippen LogP contribution in [0.3, 0.4) is 0 Å². The molecule has 3 heterocycles. The molecule has 0 aliphatic carbocycles. The van der Waals surface area contributed by atoms with Gasteiger partial charge in [-0.3, -0.25) is 9.20 Å². The number of benzene rings is 1. The molecule has 3 aromatic rings. The Balaban J connectivity index is 1.79. The molecule has 26 heavy (non-hydrogen) atoms. The minimum absolute atomic E-state index is 0.0756. The number of amides is 1. The van der Waals surface area contributed by atoms with Crippen LogP contribution in [-0.4, -0.2) is 20.5 Å². The highest BCUT2D eigenvalue weighted by molar-refractivity contribution is 8.18. The summed E-state index contributed by atoms with van der Waals surface area (Å²) in [6.07, 6.45) is 3.36. The van der Waals surface area contributed by atoms with Gasteiger partial charge in [-0.1, -0.05) is 11.6 Å². The molecule has 0 bridgehead atoms. The van der Waals surface area contributed by atoms with E-state index in [0.29, 0.717) is 15.6 Å². The number of thioether (sulfide) groups is 1. The number of carbonyl (C=O) groups excluding carboxylic acids is 1. The van der Waals surface area contributed by atoms with Gasteiger partial charge in [0.2, 0.25) is 0 Å². The number of fused-ring (bicyclic) bond motifs is 1. The molecule has 0 spiro atoms. The van der Waals surface area contributed by atoms with Gasteiger partial charge >= 0.3 is 0 Å². The van der Waals surface area contributed by atoms with Gasteiger partial charge in [0.05, 0.1) is 16.3 Å². The maximum absolute atomic E-state index is 13.4. The van der Waals surface area contributed by atoms with E-state index in [2.05, 4.69) is 15.3 Å².